The molecule has 2 amide bonds. The van der Waals surface area contributed by atoms with Gasteiger partial charge in [0.15, 0.2) is 0 Å². The van der Waals surface area contributed by atoms with Gasteiger partial charge in [-0.25, -0.2) is 4.90 Å². The van der Waals surface area contributed by atoms with Crippen molar-refractivity contribution in [3.8, 4) is 0 Å². The van der Waals surface area contributed by atoms with Crippen molar-refractivity contribution in [1.29, 1.82) is 0 Å². The van der Waals surface area contributed by atoms with Gasteiger partial charge >= 0.3 is 0 Å². The highest BCUT2D eigenvalue weighted by atomic mass is 35.5. The molecule has 0 spiro atoms. The number of rotatable bonds is 2. The van der Waals surface area contributed by atoms with E-state index in [9.17, 15) is 14.7 Å². The first-order chi connectivity index (χ1) is 10.8. The van der Waals surface area contributed by atoms with Crippen molar-refractivity contribution >= 4 is 29.1 Å². The van der Waals surface area contributed by atoms with E-state index in [-0.39, 0.29) is 18.4 Å². The van der Waals surface area contributed by atoms with Crippen LogP contribution in [0.4, 0.5) is 5.69 Å². The van der Waals surface area contributed by atoms with Crippen molar-refractivity contribution in [2.75, 3.05) is 11.5 Å². The molecule has 5 nitrogen and oxygen atoms in total. The number of carbonyl (C=O) groups excluding carboxylic acids is 2. The second kappa shape index (κ2) is 4.44. The maximum atomic E-state index is 12.9. The molecule has 0 aromatic heterocycles. The second-order valence-electron chi connectivity index (χ2n) is 6.63. The zero-order chi connectivity index (χ0) is 16.6. The van der Waals surface area contributed by atoms with E-state index in [0.717, 1.165) is 5.56 Å². The lowest BCUT2D eigenvalue weighted by atomic mass is 9.73. The highest BCUT2D eigenvalue weighted by Crippen LogP contribution is 2.57. The van der Waals surface area contributed by atoms with Crippen LogP contribution in [0.5, 0.6) is 0 Å². The Morgan fingerprint density at radius 2 is 1.96 bits per heavy atom. The van der Waals surface area contributed by atoms with E-state index in [4.69, 9.17) is 16.3 Å². The summed E-state index contributed by atoms with van der Waals surface area (Å²) in [7, 11) is 0. The molecule has 1 N–H and O–H groups in total. The highest BCUT2D eigenvalue weighted by Gasteiger charge is 2.72. The number of imide groups is 1. The molecule has 3 aliphatic heterocycles. The summed E-state index contributed by atoms with van der Waals surface area (Å²) in [6.45, 7) is 3.30. The summed E-state index contributed by atoms with van der Waals surface area (Å²) in [6, 6.07) is 5.11. The molecule has 4 rings (SSSR count). The van der Waals surface area contributed by atoms with Gasteiger partial charge in [0.05, 0.1) is 29.7 Å². The minimum absolute atomic E-state index is 0.304. The third-order valence-electron chi connectivity index (χ3n) is 5.22. The van der Waals surface area contributed by atoms with Crippen molar-refractivity contribution in [3.05, 3.63) is 40.9 Å². The Morgan fingerprint density at radius 3 is 2.61 bits per heavy atom. The average Bonchev–Trinajstić information content (AvgIpc) is 3.09. The van der Waals surface area contributed by atoms with Gasteiger partial charge in [0.25, 0.3) is 0 Å². The number of aryl methyl sites for hydroxylation is 1. The molecule has 2 fully saturated rings. The van der Waals surface area contributed by atoms with Crippen LogP contribution in [0.1, 0.15) is 12.5 Å². The van der Waals surface area contributed by atoms with Crippen molar-refractivity contribution < 1.29 is 19.4 Å². The number of hydrogen-bond donors (Lipinski definition) is 1. The molecule has 6 heteroatoms. The lowest BCUT2D eigenvalue weighted by Crippen LogP contribution is -2.43. The van der Waals surface area contributed by atoms with Crippen LogP contribution in [-0.2, 0) is 14.3 Å². The largest absolute Gasteiger partial charge is 0.393 e. The summed E-state index contributed by atoms with van der Waals surface area (Å²) in [5.74, 6) is -1.97. The first-order valence-electron chi connectivity index (χ1n) is 7.48. The Hall–Kier alpha value is -1.69. The maximum absolute atomic E-state index is 12.9. The van der Waals surface area contributed by atoms with Gasteiger partial charge in [-0.3, -0.25) is 9.59 Å². The number of amides is 2. The SMILES string of the molecule is Cc1ccc(N2C(=O)[C@@H]3[C@@H](C2=O)[C@@]2(CO)C=C[C@@]3(C)O2)cc1Cl. The lowest BCUT2D eigenvalue weighted by Gasteiger charge is -2.27. The zero-order valence-corrected chi connectivity index (χ0v) is 13.5. The van der Waals surface area contributed by atoms with Gasteiger partial charge in [-0.1, -0.05) is 29.8 Å². The number of aliphatic hydroxyl groups excluding tert-OH is 1. The summed E-state index contributed by atoms with van der Waals surface area (Å²) in [4.78, 5) is 27.0. The predicted octanol–water partition coefficient (Wildman–Crippen LogP) is 1.84. The van der Waals surface area contributed by atoms with E-state index in [1.54, 1.807) is 37.3 Å². The van der Waals surface area contributed by atoms with Gasteiger partial charge in [0.2, 0.25) is 11.8 Å². The molecule has 1 aromatic carbocycles. The highest BCUT2D eigenvalue weighted by molar-refractivity contribution is 6.32. The van der Waals surface area contributed by atoms with Crippen molar-refractivity contribution in [2.45, 2.75) is 25.0 Å². The van der Waals surface area contributed by atoms with E-state index in [0.29, 0.717) is 10.7 Å². The van der Waals surface area contributed by atoms with E-state index >= 15 is 0 Å². The molecular weight excluding hydrogens is 318 g/mol. The minimum atomic E-state index is -1.10. The van der Waals surface area contributed by atoms with Gasteiger partial charge < -0.3 is 9.84 Å². The lowest BCUT2D eigenvalue weighted by molar-refractivity contribution is -0.131. The fourth-order valence-corrected chi connectivity index (χ4v) is 4.19. The third kappa shape index (κ3) is 1.70. The minimum Gasteiger partial charge on any atom is -0.393 e. The summed E-state index contributed by atoms with van der Waals surface area (Å²) >= 11 is 6.13. The molecule has 23 heavy (non-hydrogen) atoms. The molecular formula is C17H16ClNO4. The molecule has 1 aromatic rings. The van der Waals surface area contributed by atoms with Crippen LogP contribution in [0.2, 0.25) is 5.02 Å². The van der Waals surface area contributed by atoms with Gasteiger partial charge in [0, 0.05) is 5.02 Å². The number of aliphatic hydroxyl groups is 1. The van der Waals surface area contributed by atoms with Crippen molar-refractivity contribution in [3.63, 3.8) is 0 Å². The molecule has 0 saturated carbocycles. The average molecular weight is 334 g/mol. The monoisotopic (exact) mass is 333 g/mol. The molecule has 4 atom stereocenters. The first kappa shape index (κ1) is 14.9. The number of carbonyl (C=O) groups is 2. The smallest absolute Gasteiger partial charge is 0.241 e. The topological polar surface area (TPSA) is 66.8 Å². The summed E-state index contributed by atoms with van der Waals surface area (Å²) in [5.41, 5.74) is -0.627. The van der Waals surface area contributed by atoms with Crippen LogP contribution in [0, 0.1) is 18.8 Å². The Labute approximate surface area is 138 Å². The molecule has 0 unspecified atom stereocenters. The Bertz CT molecular complexity index is 776. The van der Waals surface area contributed by atoms with Crippen molar-refractivity contribution in [2.24, 2.45) is 11.8 Å². The van der Waals surface area contributed by atoms with Crippen LogP contribution in [0.15, 0.2) is 30.4 Å². The van der Waals surface area contributed by atoms with Crippen LogP contribution < -0.4 is 4.90 Å². The number of nitrogens with zero attached hydrogens (tertiary/aromatic N) is 1. The number of halogens is 1. The Morgan fingerprint density at radius 1 is 1.26 bits per heavy atom. The van der Waals surface area contributed by atoms with Crippen LogP contribution >= 0.6 is 11.6 Å². The Balaban J connectivity index is 1.81. The van der Waals surface area contributed by atoms with E-state index in [1.807, 2.05) is 6.92 Å². The number of hydrogen-bond acceptors (Lipinski definition) is 4. The van der Waals surface area contributed by atoms with Crippen molar-refractivity contribution in [1.82, 2.24) is 0 Å². The Kier molecular flexibility index (Phi) is 2.87. The van der Waals surface area contributed by atoms with Crippen LogP contribution in [0.25, 0.3) is 0 Å². The number of anilines is 1. The zero-order valence-electron chi connectivity index (χ0n) is 12.7. The fraction of sp³-hybridized carbons (Fsp3) is 0.412. The van der Waals surface area contributed by atoms with Gasteiger partial charge in [-0.2, -0.15) is 0 Å². The standard InChI is InChI=1S/C17H16ClNO4/c1-9-3-4-10(7-11(9)18)19-14(21)12-13(15(19)22)17(8-20)6-5-16(12,2)23-17/h3-7,12-13,20H,8H2,1-2H3/t12-,13-,16+,17-/m0/s1. The number of fused-ring (bicyclic) bond motifs is 5. The van der Waals surface area contributed by atoms with Crippen LogP contribution in [-0.4, -0.2) is 34.7 Å². The molecule has 3 aliphatic rings. The third-order valence-corrected chi connectivity index (χ3v) is 5.62. The fourth-order valence-electron chi connectivity index (χ4n) is 4.02. The molecule has 120 valence electrons. The van der Waals surface area contributed by atoms with E-state index < -0.39 is 23.0 Å². The molecule has 2 saturated heterocycles. The summed E-state index contributed by atoms with van der Waals surface area (Å²) in [6.07, 6.45) is 3.49. The van der Waals surface area contributed by atoms with E-state index in [2.05, 4.69) is 0 Å². The normalized spacial score (nSPS) is 37.8. The van der Waals surface area contributed by atoms with Gasteiger partial charge in [-0.15, -0.1) is 0 Å². The molecule has 0 aliphatic carbocycles. The molecule has 0 radical (unpaired) electrons. The first-order valence-corrected chi connectivity index (χ1v) is 7.86. The predicted molar refractivity (Wildman–Crippen MR) is 84.1 cm³/mol. The summed E-state index contributed by atoms with van der Waals surface area (Å²) < 4.78 is 5.88. The number of benzene rings is 1. The van der Waals surface area contributed by atoms with Crippen LogP contribution in [0.3, 0.4) is 0 Å². The molecule has 2 bridgehead atoms. The second-order valence-corrected chi connectivity index (χ2v) is 7.04. The molecule has 3 heterocycles. The van der Waals surface area contributed by atoms with Gasteiger partial charge in [-0.05, 0) is 31.5 Å². The van der Waals surface area contributed by atoms with Gasteiger partial charge in [0.1, 0.15) is 5.60 Å². The summed E-state index contributed by atoms with van der Waals surface area (Å²) in [5, 5.41) is 10.3. The maximum Gasteiger partial charge on any atom is 0.241 e. The van der Waals surface area contributed by atoms with E-state index in [1.165, 1.54) is 4.90 Å². The quantitative estimate of drug-likeness (QED) is 0.662. The number of ether oxygens (including phenoxy) is 1.